The molecule has 1 aliphatic heterocycles. The van der Waals surface area contributed by atoms with Gasteiger partial charge < -0.3 is 10.6 Å². The summed E-state index contributed by atoms with van der Waals surface area (Å²) in [6.45, 7) is 7.75. The van der Waals surface area contributed by atoms with Crippen molar-refractivity contribution < 1.29 is 4.79 Å². The van der Waals surface area contributed by atoms with Crippen molar-refractivity contribution in [2.45, 2.75) is 32.7 Å². The Morgan fingerprint density at radius 2 is 2.29 bits per heavy atom. The van der Waals surface area contributed by atoms with E-state index in [0.717, 1.165) is 28.8 Å². The van der Waals surface area contributed by atoms with Gasteiger partial charge in [-0.05, 0) is 50.6 Å². The van der Waals surface area contributed by atoms with Crippen molar-refractivity contribution in [3.8, 4) is 0 Å². The van der Waals surface area contributed by atoms with Crippen LogP contribution in [-0.4, -0.2) is 43.0 Å². The van der Waals surface area contributed by atoms with Gasteiger partial charge in [-0.1, -0.05) is 28.9 Å². The summed E-state index contributed by atoms with van der Waals surface area (Å²) in [6, 6.07) is 6.43. The first-order valence-electron chi connectivity index (χ1n) is 7.61. The summed E-state index contributed by atoms with van der Waals surface area (Å²) >= 11 is 3.48. The minimum Gasteiger partial charge on any atom is -0.325 e. The molecule has 2 N–H and O–H groups in total. The van der Waals surface area contributed by atoms with E-state index in [2.05, 4.69) is 38.4 Å². The Hall–Kier alpha value is -0.910. The number of halogens is 1. The molecule has 5 heteroatoms. The molecule has 1 aromatic rings. The highest BCUT2D eigenvalue weighted by atomic mass is 79.9. The fourth-order valence-electron chi connectivity index (χ4n) is 2.77. The second-order valence-electron chi connectivity index (χ2n) is 5.57. The number of aryl methyl sites for hydroxylation is 1. The third kappa shape index (κ3) is 4.80. The van der Waals surface area contributed by atoms with Gasteiger partial charge in [0.05, 0.1) is 6.54 Å². The smallest absolute Gasteiger partial charge is 0.238 e. The zero-order valence-electron chi connectivity index (χ0n) is 12.8. The van der Waals surface area contributed by atoms with Gasteiger partial charge in [0.2, 0.25) is 5.91 Å². The van der Waals surface area contributed by atoms with E-state index in [0.29, 0.717) is 12.6 Å². The Kier molecular flexibility index (Phi) is 6.21. The number of carbonyl (C=O) groups excluding carboxylic acids is 1. The Morgan fingerprint density at radius 1 is 1.48 bits per heavy atom. The number of hydrogen-bond donors (Lipinski definition) is 2. The lowest BCUT2D eigenvalue weighted by molar-refractivity contribution is -0.115. The van der Waals surface area contributed by atoms with Crippen molar-refractivity contribution in [2.24, 2.45) is 0 Å². The van der Waals surface area contributed by atoms with Crippen molar-refractivity contribution in [3.05, 3.63) is 28.2 Å². The van der Waals surface area contributed by atoms with Gasteiger partial charge in [0, 0.05) is 22.7 Å². The standard InChI is InChI=1S/C16H24BrN3O/c1-3-20-8-4-5-14(20)10-18-11-16(21)19-13-7-6-12(2)15(17)9-13/h6-7,9,14,18H,3-5,8,10-11H2,1-2H3,(H,19,21)/t14-/m1/s1. The second kappa shape index (κ2) is 7.92. The number of anilines is 1. The molecule has 1 atom stereocenters. The maximum Gasteiger partial charge on any atom is 0.238 e. The Morgan fingerprint density at radius 3 is 3.00 bits per heavy atom. The fourth-order valence-corrected chi connectivity index (χ4v) is 3.15. The molecule has 1 aromatic carbocycles. The summed E-state index contributed by atoms with van der Waals surface area (Å²) in [4.78, 5) is 14.4. The van der Waals surface area contributed by atoms with Gasteiger partial charge in [-0.25, -0.2) is 0 Å². The summed E-state index contributed by atoms with van der Waals surface area (Å²) in [5.41, 5.74) is 1.99. The van der Waals surface area contributed by atoms with E-state index < -0.39 is 0 Å². The van der Waals surface area contributed by atoms with E-state index in [1.54, 1.807) is 0 Å². The zero-order chi connectivity index (χ0) is 15.2. The molecule has 0 aromatic heterocycles. The number of likely N-dealkylation sites (tertiary alicyclic amines) is 1. The molecule has 0 aliphatic carbocycles. The second-order valence-corrected chi connectivity index (χ2v) is 6.42. The normalized spacial score (nSPS) is 18.9. The molecule has 0 unspecified atom stereocenters. The van der Waals surface area contributed by atoms with Gasteiger partial charge in [-0.15, -0.1) is 0 Å². The SMILES string of the molecule is CCN1CCC[C@@H]1CNCC(=O)Nc1ccc(C)c(Br)c1. The number of amides is 1. The highest BCUT2D eigenvalue weighted by Crippen LogP contribution is 2.20. The van der Waals surface area contributed by atoms with Crippen LogP contribution >= 0.6 is 15.9 Å². The molecule has 1 aliphatic rings. The number of hydrogen-bond acceptors (Lipinski definition) is 3. The molecule has 0 radical (unpaired) electrons. The molecule has 1 saturated heterocycles. The van der Waals surface area contributed by atoms with Crippen LogP contribution in [0.3, 0.4) is 0 Å². The van der Waals surface area contributed by atoms with E-state index in [-0.39, 0.29) is 5.91 Å². The summed E-state index contributed by atoms with van der Waals surface area (Å²) in [5.74, 6) is 0.00629. The molecule has 116 valence electrons. The van der Waals surface area contributed by atoms with Crippen LogP contribution in [0.1, 0.15) is 25.3 Å². The quantitative estimate of drug-likeness (QED) is 0.826. The summed E-state index contributed by atoms with van der Waals surface area (Å²) in [6.07, 6.45) is 2.50. The van der Waals surface area contributed by atoms with E-state index in [4.69, 9.17) is 0 Å². The van der Waals surface area contributed by atoms with E-state index in [1.807, 2.05) is 25.1 Å². The van der Waals surface area contributed by atoms with Crippen LogP contribution in [0.15, 0.2) is 22.7 Å². The lowest BCUT2D eigenvalue weighted by atomic mass is 10.2. The van der Waals surface area contributed by atoms with E-state index in [9.17, 15) is 4.79 Å². The number of benzene rings is 1. The lowest BCUT2D eigenvalue weighted by Gasteiger charge is -2.22. The van der Waals surface area contributed by atoms with Crippen LogP contribution in [0.25, 0.3) is 0 Å². The van der Waals surface area contributed by atoms with Crippen LogP contribution in [0, 0.1) is 6.92 Å². The number of likely N-dealkylation sites (N-methyl/N-ethyl adjacent to an activating group) is 1. The molecule has 21 heavy (non-hydrogen) atoms. The first kappa shape index (κ1) is 16.5. The number of rotatable bonds is 6. The fraction of sp³-hybridized carbons (Fsp3) is 0.562. The van der Waals surface area contributed by atoms with Gasteiger partial charge in [-0.2, -0.15) is 0 Å². The maximum atomic E-state index is 11.9. The van der Waals surface area contributed by atoms with Crippen LogP contribution in [0.5, 0.6) is 0 Å². The summed E-state index contributed by atoms with van der Waals surface area (Å²) in [7, 11) is 0. The molecule has 0 saturated carbocycles. The highest BCUT2D eigenvalue weighted by molar-refractivity contribution is 9.10. The first-order chi connectivity index (χ1) is 10.1. The molecule has 1 heterocycles. The van der Waals surface area contributed by atoms with E-state index in [1.165, 1.54) is 19.4 Å². The van der Waals surface area contributed by atoms with E-state index >= 15 is 0 Å². The Bertz CT molecular complexity index is 492. The van der Waals surface area contributed by atoms with Crippen LogP contribution in [-0.2, 0) is 4.79 Å². The number of nitrogens with one attached hydrogen (secondary N) is 2. The van der Waals surface area contributed by atoms with Gasteiger partial charge in [-0.3, -0.25) is 9.69 Å². The van der Waals surface area contributed by atoms with Gasteiger partial charge in [0.25, 0.3) is 0 Å². The maximum absolute atomic E-state index is 11.9. The minimum absolute atomic E-state index is 0.00629. The average Bonchev–Trinajstić information content (AvgIpc) is 2.90. The zero-order valence-corrected chi connectivity index (χ0v) is 14.4. The molecular formula is C16H24BrN3O. The molecule has 0 spiro atoms. The Labute approximate surface area is 135 Å². The molecule has 2 rings (SSSR count). The third-order valence-corrected chi connectivity index (χ3v) is 4.88. The topological polar surface area (TPSA) is 44.4 Å². The highest BCUT2D eigenvalue weighted by Gasteiger charge is 2.22. The molecule has 0 bridgehead atoms. The predicted molar refractivity (Wildman–Crippen MR) is 90.6 cm³/mol. The molecule has 4 nitrogen and oxygen atoms in total. The van der Waals surface area contributed by atoms with Crippen molar-refractivity contribution in [1.82, 2.24) is 10.2 Å². The molecule has 1 fully saturated rings. The lowest BCUT2D eigenvalue weighted by Crippen LogP contribution is -2.40. The molecule has 1 amide bonds. The number of carbonyl (C=O) groups is 1. The number of nitrogens with zero attached hydrogens (tertiary/aromatic N) is 1. The monoisotopic (exact) mass is 353 g/mol. The van der Waals surface area contributed by atoms with Crippen molar-refractivity contribution in [2.75, 3.05) is 31.5 Å². The van der Waals surface area contributed by atoms with Crippen LogP contribution in [0.4, 0.5) is 5.69 Å². The van der Waals surface area contributed by atoms with Gasteiger partial charge in [0.15, 0.2) is 0 Å². The third-order valence-electron chi connectivity index (χ3n) is 4.03. The van der Waals surface area contributed by atoms with Crippen molar-refractivity contribution in [1.29, 1.82) is 0 Å². The van der Waals surface area contributed by atoms with Crippen molar-refractivity contribution >= 4 is 27.5 Å². The average molecular weight is 354 g/mol. The first-order valence-corrected chi connectivity index (χ1v) is 8.40. The van der Waals surface area contributed by atoms with Gasteiger partial charge >= 0.3 is 0 Å². The Balaban J connectivity index is 1.73. The summed E-state index contributed by atoms with van der Waals surface area (Å²) in [5, 5.41) is 6.19. The van der Waals surface area contributed by atoms with Crippen molar-refractivity contribution in [3.63, 3.8) is 0 Å². The van der Waals surface area contributed by atoms with Crippen LogP contribution in [0.2, 0.25) is 0 Å². The predicted octanol–water partition coefficient (Wildman–Crippen LogP) is 2.77. The summed E-state index contributed by atoms with van der Waals surface area (Å²) < 4.78 is 1.01. The minimum atomic E-state index is 0.00629. The largest absolute Gasteiger partial charge is 0.325 e. The van der Waals surface area contributed by atoms with Gasteiger partial charge in [0.1, 0.15) is 0 Å². The molecular weight excluding hydrogens is 330 g/mol. The van der Waals surface area contributed by atoms with Crippen LogP contribution < -0.4 is 10.6 Å².